The molecule has 10 radical (unpaired) electrons. The zero-order chi connectivity index (χ0) is 12.3. The molecule has 0 saturated heterocycles. The minimum atomic E-state index is 0.207. The third kappa shape index (κ3) is 14.7. The Hall–Kier alpha value is 0.683. The van der Waals surface area contributed by atoms with Crippen molar-refractivity contribution in [2.45, 2.75) is 26.3 Å². The molecule has 1 nitrogen and oxygen atoms in total. The summed E-state index contributed by atoms with van der Waals surface area (Å²) in [7, 11) is 0. The van der Waals surface area contributed by atoms with E-state index in [2.05, 4.69) is 23.6 Å². The van der Waals surface area contributed by atoms with E-state index in [-0.39, 0.29) is 5.54 Å². The van der Waals surface area contributed by atoms with Crippen molar-refractivity contribution in [1.29, 1.82) is 0 Å². The summed E-state index contributed by atoms with van der Waals surface area (Å²) in [6, 6.07) is 0. The first kappa shape index (κ1) is 16.7. The fourth-order valence-electron chi connectivity index (χ4n) is 0.642. The summed E-state index contributed by atoms with van der Waals surface area (Å²) >= 11 is 1.28. The molecule has 2 rings (SSSR count). The second kappa shape index (κ2) is 10.8. The smallest absolute Gasteiger partial charge is 0.0312 e. The molecular formula is C14H19NZr. The molecule has 0 heterocycles. The maximum absolute atomic E-state index is 4.11. The van der Waals surface area contributed by atoms with Crippen molar-refractivity contribution in [2.75, 3.05) is 0 Å². The van der Waals surface area contributed by atoms with Gasteiger partial charge in [0, 0.05) is 0 Å². The standard InChI is InChI=1S/2C5H5.C4H9N.Zr/c2*1-2-4-5-3-1;1-4(2,3)5;/h2*1-5H;1-3H3;. The van der Waals surface area contributed by atoms with Gasteiger partial charge in [-0.15, -0.1) is 0 Å². The van der Waals surface area contributed by atoms with Crippen molar-refractivity contribution in [3.8, 4) is 0 Å². The first-order valence-corrected chi connectivity index (χ1v) is 6.38. The molecule has 0 bridgehead atoms. The van der Waals surface area contributed by atoms with Crippen LogP contribution in [-0.2, 0) is 24.6 Å². The first-order chi connectivity index (χ1) is 7.56. The van der Waals surface area contributed by atoms with Gasteiger partial charge in [0.2, 0.25) is 0 Å². The number of hydrogen-bond acceptors (Lipinski definition) is 1. The van der Waals surface area contributed by atoms with E-state index in [0.717, 1.165) is 0 Å². The molecule has 0 atom stereocenters. The molecule has 2 heteroatoms. The van der Waals surface area contributed by atoms with Crippen LogP contribution in [0.3, 0.4) is 0 Å². The normalized spacial score (nSPS) is 19.1. The Morgan fingerprint density at radius 2 is 0.750 bits per heavy atom. The van der Waals surface area contributed by atoms with Gasteiger partial charge in [-0.05, 0) is 64.2 Å². The molecule has 0 aromatic carbocycles. The Balaban J connectivity index is 0.000000211. The Bertz CT molecular complexity index is 127. The van der Waals surface area contributed by atoms with Gasteiger partial charge < -0.3 is 0 Å². The summed E-state index contributed by atoms with van der Waals surface area (Å²) < 4.78 is 4.11. The SMILES string of the molecule is CC(C)(C)[N]=[Zr].[CH]1[CH][CH][CH][CH]1.[CH]1[CH][CH][CH][CH]1. The molecule has 0 N–H and O–H groups in total. The van der Waals surface area contributed by atoms with Crippen LogP contribution in [0.1, 0.15) is 20.8 Å². The maximum Gasteiger partial charge on any atom is -0.0312 e. The van der Waals surface area contributed by atoms with E-state index in [1.165, 1.54) is 24.6 Å². The maximum atomic E-state index is 4.11. The van der Waals surface area contributed by atoms with E-state index in [1.54, 1.807) is 0 Å². The first-order valence-electron chi connectivity index (χ1n) is 5.28. The van der Waals surface area contributed by atoms with Gasteiger partial charge in [-0.3, -0.25) is 0 Å². The summed E-state index contributed by atoms with van der Waals surface area (Å²) in [6.07, 6.45) is 20.0. The number of nitrogens with zero attached hydrogens (tertiary/aromatic N) is 1. The van der Waals surface area contributed by atoms with Crippen LogP contribution in [0.4, 0.5) is 0 Å². The second-order valence-electron chi connectivity index (χ2n) is 4.21. The summed E-state index contributed by atoms with van der Waals surface area (Å²) in [5.74, 6) is 0. The molecule has 0 spiro atoms. The molecular weight excluding hydrogens is 273 g/mol. The van der Waals surface area contributed by atoms with Crippen molar-refractivity contribution in [3.05, 3.63) is 64.2 Å². The molecule has 0 aliphatic heterocycles. The minimum absolute atomic E-state index is 0.207. The van der Waals surface area contributed by atoms with Crippen LogP contribution >= 0.6 is 0 Å². The van der Waals surface area contributed by atoms with E-state index in [9.17, 15) is 0 Å². The van der Waals surface area contributed by atoms with Crippen LogP contribution in [0.25, 0.3) is 0 Å². The Kier molecular flexibility index (Phi) is 11.3. The molecule has 2 saturated carbocycles. The van der Waals surface area contributed by atoms with E-state index < -0.39 is 0 Å². The third-order valence-electron chi connectivity index (χ3n) is 1.45. The van der Waals surface area contributed by atoms with Crippen molar-refractivity contribution in [3.63, 3.8) is 0 Å². The third-order valence-corrected chi connectivity index (χ3v) is 3.10. The quantitative estimate of drug-likeness (QED) is 0.647. The van der Waals surface area contributed by atoms with Gasteiger partial charge in [-0.1, -0.05) is 0 Å². The van der Waals surface area contributed by atoms with Crippen LogP contribution in [0.2, 0.25) is 0 Å². The zero-order valence-electron chi connectivity index (χ0n) is 10.2. The van der Waals surface area contributed by atoms with Crippen molar-refractivity contribution >= 4 is 0 Å². The molecule has 2 fully saturated rings. The fraction of sp³-hybridized carbons (Fsp3) is 0.286. The Labute approximate surface area is 118 Å². The van der Waals surface area contributed by atoms with Crippen LogP contribution in [0, 0.1) is 64.2 Å². The van der Waals surface area contributed by atoms with Crippen LogP contribution in [0.5, 0.6) is 0 Å². The molecule has 0 aromatic rings. The van der Waals surface area contributed by atoms with E-state index in [4.69, 9.17) is 0 Å². The van der Waals surface area contributed by atoms with Crippen molar-refractivity contribution in [1.82, 2.24) is 0 Å². The van der Waals surface area contributed by atoms with Gasteiger partial charge in [-0.25, -0.2) is 0 Å². The average Bonchev–Trinajstić information content (AvgIpc) is 2.95. The van der Waals surface area contributed by atoms with Gasteiger partial charge in [0.25, 0.3) is 0 Å². The average molecular weight is 293 g/mol. The van der Waals surface area contributed by atoms with Crippen molar-refractivity contribution < 1.29 is 24.6 Å². The molecule has 0 aromatic heterocycles. The van der Waals surface area contributed by atoms with E-state index >= 15 is 0 Å². The summed E-state index contributed by atoms with van der Waals surface area (Å²) in [4.78, 5) is 0. The van der Waals surface area contributed by atoms with Gasteiger partial charge >= 0.3 is 53.7 Å². The largest absolute Gasteiger partial charge is 0.0312 e. The summed E-state index contributed by atoms with van der Waals surface area (Å²) in [6.45, 7) is 6.30. The van der Waals surface area contributed by atoms with Gasteiger partial charge in [0.1, 0.15) is 0 Å². The minimum Gasteiger partial charge on any atom is -0.0312 e. The van der Waals surface area contributed by atoms with Gasteiger partial charge in [-0.2, -0.15) is 0 Å². The summed E-state index contributed by atoms with van der Waals surface area (Å²) in [5.41, 5.74) is 0.207. The van der Waals surface area contributed by atoms with E-state index in [0.29, 0.717) is 0 Å². The van der Waals surface area contributed by atoms with Gasteiger partial charge in [0.15, 0.2) is 0 Å². The molecule has 16 heavy (non-hydrogen) atoms. The molecule has 2 aliphatic carbocycles. The zero-order valence-corrected chi connectivity index (χ0v) is 12.7. The summed E-state index contributed by atoms with van der Waals surface area (Å²) in [5, 5.41) is 0. The predicted octanol–water partition coefficient (Wildman–Crippen LogP) is 3.56. The molecule has 0 unspecified atom stereocenters. The predicted molar refractivity (Wildman–Crippen MR) is 65.2 cm³/mol. The number of rotatable bonds is 0. The van der Waals surface area contributed by atoms with Crippen LogP contribution in [0.15, 0.2) is 2.87 Å². The van der Waals surface area contributed by atoms with Crippen LogP contribution < -0.4 is 0 Å². The monoisotopic (exact) mass is 291 g/mol. The fourth-order valence-corrected chi connectivity index (χ4v) is 0.642. The van der Waals surface area contributed by atoms with Crippen LogP contribution in [-0.4, -0.2) is 5.54 Å². The van der Waals surface area contributed by atoms with Crippen molar-refractivity contribution in [2.24, 2.45) is 2.87 Å². The van der Waals surface area contributed by atoms with E-state index in [1.807, 2.05) is 64.2 Å². The second-order valence-corrected chi connectivity index (χ2v) is 4.76. The molecule has 2 aliphatic rings. The molecule has 0 amide bonds. The van der Waals surface area contributed by atoms with Gasteiger partial charge in [0.05, 0.1) is 0 Å². The number of hydrogen-bond donors (Lipinski definition) is 0. The Morgan fingerprint density at radius 1 is 0.625 bits per heavy atom. The topological polar surface area (TPSA) is 12.4 Å². The molecule has 84 valence electrons. The Morgan fingerprint density at radius 3 is 0.812 bits per heavy atom.